The van der Waals surface area contributed by atoms with Crippen LogP contribution in [0.4, 0.5) is 0 Å². The molecule has 0 aliphatic rings. The number of carbonyl (C=O) groups excluding carboxylic acids is 1. The molecule has 5 nitrogen and oxygen atoms in total. The van der Waals surface area contributed by atoms with Crippen LogP contribution in [0.1, 0.15) is 29.3 Å². The lowest BCUT2D eigenvalue weighted by Crippen LogP contribution is -2.39. The van der Waals surface area contributed by atoms with Crippen LogP contribution in [-0.2, 0) is 6.54 Å². The van der Waals surface area contributed by atoms with Gasteiger partial charge < -0.3 is 14.8 Å². The van der Waals surface area contributed by atoms with Gasteiger partial charge in [0.15, 0.2) is 16.6 Å². The zero-order valence-corrected chi connectivity index (χ0v) is 17.6. The summed E-state index contributed by atoms with van der Waals surface area (Å²) >= 11 is 7.34. The number of thiocarbonyl (C=S) groups is 1. The van der Waals surface area contributed by atoms with Gasteiger partial charge in [0.25, 0.3) is 5.91 Å². The second-order valence-electron chi connectivity index (χ2n) is 5.45. The summed E-state index contributed by atoms with van der Waals surface area (Å²) in [7, 11) is 1.61. The molecule has 0 radical (unpaired) electrons. The quantitative estimate of drug-likeness (QED) is 0.462. The van der Waals surface area contributed by atoms with Gasteiger partial charge in [-0.3, -0.25) is 10.1 Å². The molecule has 138 valence electrons. The lowest BCUT2D eigenvalue weighted by atomic mass is 10.2. The summed E-state index contributed by atoms with van der Waals surface area (Å²) in [6, 6.07) is 13.0. The van der Waals surface area contributed by atoms with Crippen molar-refractivity contribution >= 4 is 45.8 Å². The minimum atomic E-state index is -0.228. The van der Waals surface area contributed by atoms with Gasteiger partial charge in [-0.25, -0.2) is 0 Å². The molecule has 2 rings (SSSR count). The highest BCUT2D eigenvalue weighted by molar-refractivity contribution is 14.1. The van der Waals surface area contributed by atoms with E-state index < -0.39 is 0 Å². The fraction of sp³-hybridized carbons (Fsp3) is 0.263. The molecule has 0 fully saturated rings. The van der Waals surface area contributed by atoms with Crippen LogP contribution in [0.5, 0.6) is 11.5 Å². The predicted octanol–water partition coefficient (Wildman–Crippen LogP) is 3.89. The fourth-order valence-electron chi connectivity index (χ4n) is 2.20. The Morgan fingerprint density at radius 3 is 2.65 bits per heavy atom. The summed E-state index contributed by atoms with van der Waals surface area (Å²) in [5.74, 6) is 1.16. The number of halogens is 1. The van der Waals surface area contributed by atoms with Gasteiger partial charge in [0, 0.05) is 10.1 Å². The number of rotatable bonds is 7. The van der Waals surface area contributed by atoms with Crippen molar-refractivity contribution in [3.05, 3.63) is 57.2 Å². The average Bonchev–Trinajstić information content (AvgIpc) is 2.65. The van der Waals surface area contributed by atoms with Gasteiger partial charge in [-0.15, -0.1) is 0 Å². The Morgan fingerprint density at radius 1 is 1.19 bits per heavy atom. The zero-order valence-electron chi connectivity index (χ0n) is 14.7. The molecule has 2 aromatic rings. The Balaban J connectivity index is 1.92. The van der Waals surface area contributed by atoms with E-state index in [9.17, 15) is 4.79 Å². The normalized spacial score (nSPS) is 10.1. The monoisotopic (exact) mass is 484 g/mol. The van der Waals surface area contributed by atoms with Crippen molar-refractivity contribution in [3.63, 3.8) is 0 Å². The van der Waals surface area contributed by atoms with E-state index in [1.165, 1.54) is 0 Å². The molecule has 0 aromatic heterocycles. The first-order valence-corrected chi connectivity index (χ1v) is 9.67. The van der Waals surface area contributed by atoms with Crippen molar-refractivity contribution in [2.45, 2.75) is 19.9 Å². The Labute approximate surface area is 172 Å². The molecule has 0 heterocycles. The van der Waals surface area contributed by atoms with Crippen LogP contribution in [-0.4, -0.2) is 24.7 Å². The molecular formula is C19H21IN2O3S. The maximum atomic E-state index is 12.3. The van der Waals surface area contributed by atoms with E-state index in [1.54, 1.807) is 13.2 Å². The predicted molar refractivity (Wildman–Crippen MR) is 115 cm³/mol. The van der Waals surface area contributed by atoms with Gasteiger partial charge in [0.05, 0.1) is 19.3 Å². The molecule has 0 unspecified atom stereocenters. The van der Waals surface area contributed by atoms with E-state index in [1.807, 2.05) is 36.4 Å². The highest BCUT2D eigenvalue weighted by Crippen LogP contribution is 2.28. The second-order valence-corrected chi connectivity index (χ2v) is 7.02. The Hall–Kier alpha value is -1.87. The molecule has 0 saturated heterocycles. The van der Waals surface area contributed by atoms with Gasteiger partial charge in [-0.1, -0.05) is 25.1 Å². The Bertz CT molecular complexity index is 783. The summed E-state index contributed by atoms with van der Waals surface area (Å²) in [5.41, 5.74) is 1.56. The second kappa shape index (κ2) is 10.3. The van der Waals surface area contributed by atoms with Gasteiger partial charge >= 0.3 is 0 Å². The van der Waals surface area contributed by atoms with E-state index in [2.05, 4.69) is 40.1 Å². The maximum Gasteiger partial charge on any atom is 0.258 e. The lowest BCUT2D eigenvalue weighted by molar-refractivity contribution is 0.0976. The van der Waals surface area contributed by atoms with Crippen LogP contribution in [0.2, 0.25) is 0 Å². The summed E-state index contributed by atoms with van der Waals surface area (Å²) < 4.78 is 11.9. The van der Waals surface area contributed by atoms with Crippen molar-refractivity contribution in [1.82, 2.24) is 10.6 Å². The molecule has 0 bridgehead atoms. The first kappa shape index (κ1) is 20.4. The minimum absolute atomic E-state index is 0.228. The van der Waals surface area contributed by atoms with E-state index in [0.717, 1.165) is 15.6 Å². The number of methoxy groups -OCH3 is 1. The molecule has 0 atom stereocenters. The third-order valence-corrected chi connectivity index (χ3v) is 4.68. The number of ether oxygens (including phenoxy) is 2. The standard InChI is InChI=1S/C19H21IN2O3S/c1-3-10-25-16-9-8-13(11-17(16)24-2)12-21-19(26)22-18(23)14-6-4-5-7-15(14)20/h4-9,11H,3,10,12H2,1-2H3,(H2,21,22,23,26). The van der Waals surface area contributed by atoms with E-state index in [0.29, 0.717) is 30.2 Å². The molecule has 1 amide bonds. The first-order chi connectivity index (χ1) is 12.5. The lowest BCUT2D eigenvalue weighted by Gasteiger charge is -2.13. The Kier molecular flexibility index (Phi) is 8.11. The zero-order chi connectivity index (χ0) is 18.9. The topological polar surface area (TPSA) is 59.6 Å². The Morgan fingerprint density at radius 2 is 1.96 bits per heavy atom. The van der Waals surface area contributed by atoms with E-state index in [-0.39, 0.29) is 11.0 Å². The molecule has 0 aliphatic carbocycles. The van der Waals surface area contributed by atoms with Crippen molar-refractivity contribution in [1.29, 1.82) is 0 Å². The van der Waals surface area contributed by atoms with Crippen molar-refractivity contribution in [2.24, 2.45) is 0 Å². The van der Waals surface area contributed by atoms with E-state index in [4.69, 9.17) is 21.7 Å². The molecule has 0 spiro atoms. The SMILES string of the molecule is CCCOc1ccc(CNC(=S)NC(=O)c2ccccc2I)cc1OC. The van der Waals surface area contributed by atoms with Gasteiger partial charge in [-0.2, -0.15) is 0 Å². The van der Waals surface area contributed by atoms with Crippen molar-refractivity contribution in [2.75, 3.05) is 13.7 Å². The molecule has 0 saturated carbocycles. The van der Waals surface area contributed by atoms with Crippen LogP contribution in [0, 0.1) is 3.57 Å². The third-order valence-electron chi connectivity index (χ3n) is 3.49. The van der Waals surface area contributed by atoms with E-state index >= 15 is 0 Å². The molecular weight excluding hydrogens is 463 g/mol. The van der Waals surface area contributed by atoms with Crippen LogP contribution < -0.4 is 20.1 Å². The first-order valence-electron chi connectivity index (χ1n) is 8.18. The summed E-state index contributed by atoms with van der Waals surface area (Å²) in [5, 5.41) is 6.01. The number of nitrogens with one attached hydrogen (secondary N) is 2. The summed E-state index contributed by atoms with van der Waals surface area (Å²) in [6.07, 6.45) is 0.931. The van der Waals surface area contributed by atoms with Crippen molar-refractivity contribution in [3.8, 4) is 11.5 Å². The highest BCUT2D eigenvalue weighted by Gasteiger charge is 2.11. The van der Waals surface area contributed by atoms with Crippen molar-refractivity contribution < 1.29 is 14.3 Å². The molecule has 2 aromatic carbocycles. The van der Waals surface area contributed by atoms with Crippen LogP contribution >= 0.6 is 34.8 Å². The molecule has 26 heavy (non-hydrogen) atoms. The number of carbonyl (C=O) groups is 1. The smallest absolute Gasteiger partial charge is 0.258 e. The molecule has 7 heteroatoms. The van der Waals surface area contributed by atoms with Crippen LogP contribution in [0.15, 0.2) is 42.5 Å². The third kappa shape index (κ3) is 5.84. The number of benzene rings is 2. The summed E-state index contributed by atoms with van der Waals surface area (Å²) in [6.45, 7) is 3.16. The summed E-state index contributed by atoms with van der Waals surface area (Å²) in [4.78, 5) is 12.3. The number of amides is 1. The maximum absolute atomic E-state index is 12.3. The molecule has 2 N–H and O–H groups in total. The number of hydrogen-bond donors (Lipinski definition) is 2. The van der Waals surface area contributed by atoms with Gasteiger partial charge in [0.2, 0.25) is 0 Å². The largest absolute Gasteiger partial charge is 0.493 e. The van der Waals surface area contributed by atoms with Gasteiger partial charge in [-0.05, 0) is 71.1 Å². The van der Waals surface area contributed by atoms with Gasteiger partial charge in [0.1, 0.15) is 0 Å². The number of hydrogen-bond acceptors (Lipinski definition) is 4. The van der Waals surface area contributed by atoms with Crippen LogP contribution in [0.3, 0.4) is 0 Å². The minimum Gasteiger partial charge on any atom is -0.493 e. The van der Waals surface area contributed by atoms with Crippen LogP contribution in [0.25, 0.3) is 0 Å². The fourth-order valence-corrected chi connectivity index (χ4v) is 2.99. The highest BCUT2D eigenvalue weighted by atomic mass is 127. The average molecular weight is 484 g/mol. The molecule has 0 aliphatic heterocycles.